The largest absolute Gasteiger partial charge is 0.375 e. The van der Waals surface area contributed by atoms with E-state index in [0.717, 1.165) is 44.1 Å². The zero-order valence-corrected chi connectivity index (χ0v) is 12.1. The Bertz CT molecular complexity index is 464. The highest BCUT2D eigenvalue weighted by Crippen LogP contribution is 2.45. The number of nitrogens with one attached hydrogen (secondary N) is 1. The average Bonchev–Trinajstić information content (AvgIpc) is 3.13. The van der Waals surface area contributed by atoms with Gasteiger partial charge in [-0.05, 0) is 57.4 Å². The maximum absolute atomic E-state index is 5.98. The van der Waals surface area contributed by atoms with Crippen molar-refractivity contribution in [2.24, 2.45) is 5.92 Å². The Hall–Kier alpha value is -0.940. The van der Waals surface area contributed by atoms with Gasteiger partial charge in [-0.25, -0.2) is 4.68 Å². The molecule has 1 aromatic heterocycles. The van der Waals surface area contributed by atoms with Crippen LogP contribution >= 0.6 is 0 Å². The third-order valence-corrected chi connectivity index (χ3v) is 5.10. The van der Waals surface area contributed by atoms with E-state index in [2.05, 4.69) is 26.5 Å². The molecule has 1 aromatic rings. The molecular formula is C15H24N4O. The van der Waals surface area contributed by atoms with Crippen LogP contribution in [0.1, 0.15) is 56.7 Å². The third kappa shape index (κ3) is 2.61. The van der Waals surface area contributed by atoms with Crippen LogP contribution in [0, 0.1) is 5.92 Å². The molecule has 1 N–H and O–H groups in total. The normalized spacial score (nSPS) is 28.5. The van der Waals surface area contributed by atoms with Gasteiger partial charge < -0.3 is 10.1 Å². The molecule has 3 aliphatic rings. The van der Waals surface area contributed by atoms with E-state index in [0.29, 0.717) is 6.04 Å². The zero-order valence-electron chi connectivity index (χ0n) is 12.1. The standard InChI is InChI=1S/C15H24N4O/c1-5-15(6-1)8-14(4-7-20-15)19-11-13(17-18-19)10-16-9-12-2-3-12/h11-12,14,16H,1-10H2. The molecule has 0 amide bonds. The van der Waals surface area contributed by atoms with Crippen LogP contribution in [0.3, 0.4) is 0 Å². The molecule has 0 bridgehead atoms. The van der Waals surface area contributed by atoms with Gasteiger partial charge in [-0.3, -0.25) is 0 Å². The van der Waals surface area contributed by atoms with Crippen molar-refractivity contribution in [1.29, 1.82) is 0 Å². The van der Waals surface area contributed by atoms with Gasteiger partial charge in [0.15, 0.2) is 0 Å². The molecule has 20 heavy (non-hydrogen) atoms. The van der Waals surface area contributed by atoms with Gasteiger partial charge in [0, 0.05) is 13.2 Å². The number of nitrogens with zero attached hydrogens (tertiary/aromatic N) is 3. The van der Waals surface area contributed by atoms with Crippen molar-refractivity contribution >= 4 is 0 Å². The van der Waals surface area contributed by atoms with E-state index in [1.165, 1.54) is 32.1 Å². The van der Waals surface area contributed by atoms with Crippen molar-refractivity contribution in [3.63, 3.8) is 0 Å². The molecule has 1 unspecified atom stereocenters. The Morgan fingerprint density at radius 2 is 2.25 bits per heavy atom. The SMILES string of the molecule is c1c(CNCC2CC2)nnn1C1CCOC2(CCC2)C1. The molecule has 4 rings (SSSR count). The zero-order chi connectivity index (χ0) is 13.4. The van der Waals surface area contributed by atoms with Crippen molar-refractivity contribution in [2.75, 3.05) is 13.2 Å². The lowest BCUT2D eigenvalue weighted by molar-refractivity contribution is -0.141. The molecule has 1 spiro atoms. The first-order valence-electron chi connectivity index (χ1n) is 8.08. The predicted molar refractivity (Wildman–Crippen MR) is 75.3 cm³/mol. The molecule has 5 heteroatoms. The van der Waals surface area contributed by atoms with Gasteiger partial charge in [0.25, 0.3) is 0 Å². The second-order valence-electron chi connectivity index (χ2n) is 6.80. The average molecular weight is 276 g/mol. The van der Waals surface area contributed by atoms with E-state index in [9.17, 15) is 0 Å². The highest BCUT2D eigenvalue weighted by Gasteiger charge is 2.43. The van der Waals surface area contributed by atoms with Crippen molar-refractivity contribution < 1.29 is 4.74 Å². The Morgan fingerprint density at radius 1 is 1.35 bits per heavy atom. The minimum absolute atomic E-state index is 0.180. The summed E-state index contributed by atoms with van der Waals surface area (Å²) >= 11 is 0. The first kappa shape index (κ1) is 12.8. The molecule has 2 heterocycles. The van der Waals surface area contributed by atoms with Crippen LogP contribution in [0.5, 0.6) is 0 Å². The molecule has 1 atom stereocenters. The van der Waals surface area contributed by atoms with Crippen LogP contribution < -0.4 is 5.32 Å². The minimum Gasteiger partial charge on any atom is -0.375 e. The molecule has 1 aliphatic heterocycles. The van der Waals surface area contributed by atoms with Crippen molar-refractivity contribution in [1.82, 2.24) is 20.3 Å². The fraction of sp³-hybridized carbons (Fsp3) is 0.867. The number of hydrogen-bond acceptors (Lipinski definition) is 4. The number of rotatable bonds is 5. The van der Waals surface area contributed by atoms with E-state index in [-0.39, 0.29) is 5.60 Å². The van der Waals surface area contributed by atoms with Crippen LogP contribution in [-0.4, -0.2) is 33.7 Å². The van der Waals surface area contributed by atoms with Crippen LogP contribution in [0.15, 0.2) is 6.20 Å². The molecule has 110 valence electrons. The molecule has 3 fully saturated rings. The summed E-state index contributed by atoms with van der Waals surface area (Å²) in [5.41, 5.74) is 1.25. The molecular weight excluding hydrogens is 252 g/mol. The molecule has 5 nitrogen and oxygen atoms in total. The van der Waals surface area contributed by atoms with E-state index < -0.39 is 0 Å². The van der Waals surface area contributed by atoms with Crippen LogP contribution in [-0.2, 0) is 11.3 Å². The molecule has 0 radical (unpaired) electrons. The topological polar surface area (TPSA) is 52.0 Å². The quantitative estimate of drug-likeness (QED) is 0.894. The van der Waals surface area contributed by atoms with Crippen molar-refractivity contribution in [3.05, 3.63) is 11.9 Å². The van der Waals surface area contributed by atoms with E-state index >= 15 is 0 Å². The van der Waals surface area contributed by atoms with Crippen LogP contribution in [0.25, 0.3) is 0 Å². The highest BCUT2D eigenvalue weighted by molar-refractivity contribution is 4.98. The Morgan fingerprint density at radius 3 is 3.00 bits per heavy atom. The van der Waals surface area contributed by atoms with Gasteiger partial charge >= 0.3 is 0 Å². The maximum Gasteiger partial charge on any atom is 0.0964 e. The smallest absolute Gasteiger partial charge is 0.0964 e. The number of ether oxygens (including phenoxy) is 1. The van der Waals surface area contributed by atoms with Gasteiger partial charge in [-0.15, -0.1) is 5.10 Å². The van der Waals surface area contributed by atoms with Gasteiger partial charge in [-0.1, -0.05) is 5.21 Å². The lowest BCUT2D eigenvalue weighted by Crippen LogP contribution is -2.46. The Labute approximate surface area is 120 Å². The fourth-order valence-corrected chi connectivity index (χ4v) is 3.45. The maximum atomic E-state index is 5.98. The summed E-state index contributed by atoms with van der Waals surface area (Å²) in [4.78, 5) is 0. The lowest BCUT2D eigenvalue weighted by atomic mass is 9.74. The van der Waals surface area contributed by atoms with E-state index in [1.807, 2.05) is 0 Å². The predicted octanol–water partition coefficient (Wildman–Crippen LogP) is 2.05. The first-order valence-corrected chi connectivity index (χ1v) is 8.08. The summed E-state index contributed by atoms with van der Waals surface area (Å²) in [6, 6.07) is 0.480. The summed E-state index contributed by atoms with van der Waals surface area (Å²) in [5.74, 6) is 0.916. The summed E-state index contributed by atoms with van der Waals surface area (Å²) in [6.45, 7) is 2.86. The second kappa shape index (κ2) is 5.11. The second-order valence-corrected chi connectivity index (χ2v) is 6.80. The van der Waals surface area contributed by atoms with Gasteiger partial charge in [0.1, 0.15) is 0 Å². The van der Waals surface area contributed by atoms with Crippen LogP contribution in [0.4, 0.5) is 0 Å². The monoisotopic (exact) mass is 276 g/mol. The Kier molecular flexibility index (Phi) is 3.27. The van der Waals surface area contributed by atoms with Gasteiger partial charge in [0.2, 0.25) is 0 Å². The van der Waals surface area contributed by atoms with Gasteiger partial charge in [-0.2, -0.15) is 0 Å². The lowest BCUT2D eigenvalue weighted by Gasteiger charge is -2.47. The van der Waals surface area contributed by atoms with Crippen molar-refractivity contribution in [3.8, 4) is 0 Å². The molecule has 0 aromatic carbocycles. The number of aromatic nitrogens is 3. The van der Waals surface area contributed by atoms with Crippen LogP contribution in [0.2, 0.25) is 0 Å². The minimum atomic E-state index is 0.180. The summed E-state index contributed by atoms with van der Waals surface area (Å²) in [6.07, 6.45) is 10.9. The van der Waals surface area contributed by atoms with E-state index in [1.54, 1.807) is 0 Å². The van der Waals surface area contributed by atoms with Crippen molar-refractivity contribution in [2.45, 2.75) is 63.1 Å². The molecule has 1 saturated heterocycles. The number of hydrogen-bond donors (Lipinski definition) is 1. The highest BCUT2D eigenvalue weighted by atomic mass is 16.5. The molecule has 2 saturated carbocycles. The Balaban J connectivity index is 1.34. The third-order valence-electron chi connectivity index (χ3n) is 5.10. The van der Waals surface area contributed by atoms with E-state index in [4.69, 9.17) is 4.74 Å². The summed E-state index contributed by atoms with van der Waals surface area (Å²) in [7, 11) is 0. The fourth-order valence-electron chi connectivity index (χ4n) is 3.45. The summed E-state index contributed by atoms with van der Waals surface area (Å²) < 4.78 is 8.06. The summed E-state index contributed by atoms with van der Waals surface area (Å²) in [5, 5.41) is 12.1. The first-order chi connectivity index (χ1) is 9.83. The van der Waals surface area contributed by atoms with Gasteiger partial charge in [0.05, 0.1) is 23.5 Å². The molecule has 2 aliphatic carbocycles.